The third-order valence-electron chi connectivity index (χ3n) is 5.54. The lowest BCUT2D eigenvalue weighted by molar-refractivity contribution is -0.117. The number of benzene rings is 1. The number of hydrogen-bond acceptors (Lipinski definition) is 6. The Morgan fingerprint density at radius 3 is 2.61 bits per heavy atom. The van der Waals surface area contributed by atoms with Crippen molar-refractivity contribution in [2.45, 2.75) is 46.8 Å². The molecule has 0 bridgehead atoms. The minimum atomic E-state index is -0.271. The summed E-state index contributed by atoms with van der Waals surface area (Å²) >= 11 is 0. The highest BCUT2D eigenvalue weighted by Crippen LogP contribution is 2.32. The molecule has 0 saturated heterocycles. The second-order valence-electron chi connectivity index (χ2n) is 8.50. The van der Waals surface area contributed by atoms with Gasteiger partial charge in [0, 0.05) is 31.9 Å². The van der Waals surface area contributed by atoms with Gasteiger partial charge < -0.3 is 15.5 Å². The molecule has 2 N–H and O–H groups in total. The summed E-state index contributed by atoms with van der Waals surface area (Å²) in [6.45, 7) is 9.63. The fraction of sp³-hybridized carbons (Fsp3) is 0.391. The first-order valence-corrected chi connectivity index (χ1v) is 10.6. The molecule has 4 rings (SSSR count). The molecule has 0 fully saturated rings. The molecule has 1 aliphatic heterocycles. The summed E-state index contributed by atoms with van der Waals surface area (Å²) in [5.74, 6) is 1.80. The average Bonchev–Trinajstić information content (AvgIpc) is 3.19. The van der Waals surface area contributed by atoms with Crippen LogP contribution in [0.3, 0.4) is 0 Å². The number of rotatable bonds is 6. The fourth-order valence-corrected chi connectivity index (χ4v) is 3.61. The number of aromatic nitrogens is 4. The van der Waals surface area contributed by atoms with Gasteiger partial charge in [-0.15, -0.1) is 0 Å². The summed E-state index contributed by atoms with van der Waals surface area (Å²) in [6, 6.07) is 8.14. The quantitative estimate of drug-likeness (QED) is 0.634. The van der Waals surface area contributed by atoms with E-state index in [0.717, 1.165) is 34.7 Å². The molecule has 0 saturated carbocycles. The summed E-state index contributed by atoms with van der Waals surface area (Å²) in [6.07, 6.45) is 4.00. The van der Waals surface area contributed by atoms with Crippen LogP contribution in [0.5, 0.6) is 0 Å². The Hall–Kier alpha value is -3.42. The molecular weight excluding hydrogens is 390 g/mol. The van der Waals surface area contributed by atoms with Crippen LogP contribution in [0.4, 0.5) is 17.5 Å². The van der Waals surface area contributed by atoms with Gasteiger partial charge in [-0.25, -0.2) is 4.98 Å². The van der Waals surface area contributed by atoms with Crippen molar-refractivity contribution in [1.29, 1.82) is 0 Å². The molecule has 1 atom stereocenters. The van der Waals surface area contributed by atoms with E-state index in [2.05, 4.69) is 70.0 Å². The van der Waals surface area contributed by atoms with Gasteiger partial charge >= 0.3 is 0 Å². The van der Waals surface area contributed by atoms with E-state index in [1.165, 1.54) is 0 Å². The predicted molar refractivity (Wildman–Crippen MR) is 123 cm³/mol. The standard InChI is InChI=1S/C23H29N7O/c1-14(2)12-30-13-19(11-25-30)18-8-6-17(7-9-18)10-24-23-26-15(3)20-21(28-23)29(5)16(4)22(31)27-20/h6-9,11,13-14,16H,10,12H2,1-5H3,(H,27,31)(H,24,26,28)/t16-/m0/s1. The van der Waals surface area contributed by atoms with Gasteiger partial charge in [0.25, 0.3) is 0 Å². The number of fused-ring (bicyclic) bond motifs is 1. The molecule has 3 aromatic rings. The van der Waals surface area contributed by atoms with E-state index >= 15 is 0 Å². The Morgan fingerprint density at radius 1 is 1.16 bits per heavy atom. The minimum absolute atomic E-state index is 0.0442. The van der Waals surface area contributed by atoms with Gasteiger partial charge in [-0.05, 0) is 30.9 Å². The largest absolute Gasteiger partial charge is 0.350 e. The lowest BCUT2D eigenvalue weighted by Crippen LogP contribution is -2.44. The molecule has 3 heterocycles. The van der Waals surface area contributed by atoms with Crippen molar-refractivity contribution >= 4 is 23.4 Å². The molecule has 1 aliphatic rings. The van der Waals surface area contributed by atoms with Gasteiger partial charge in [0.1, 0.15) is 11.7 Å². The summed E-state index contributed by atoms with van der Waals surface area (Å²) in [5.41, 5.74) is 4.82. The smallest absolute Gasteiger partial charge is 0.246 e. The molecule has 1 amide bonds. The van der Waals surface area contributed by atoms with Gasteiger partial charge in [0.15, 0.2) is 5.82 Å². The molecule has 0 aliphatic carbocycles. The number of nitrogens with one attached hydrogen (secondary N) is 2. The van der Waals surface area contributed by atoms with Crippen LogP contribution in [0, 0.1) is 12.8 Å². The normalized spacial score (nSPS) is 15.7. The summed E-state index contributed by atoms with van der Waals surface area (Å²) < 4.78 is 1.99. The van der Waals surface area contributed by atoms with Gasteiger partial charge in [-0.2, -0.15) is 10.1 Å². The van der Waals surface area contributed by atoms with E-state index in [1.54, 1.807) is 0 Å². The molecule has 0 radical (unpaired) electrons. The molecule has 0 unspecified atom stereocenters. The van der Waals surface area contributed by atoms with Crippen molar-refractivity contribution < 1.29 is 4.79 Å². The van der Waals surface area contributed by atoms with Crippen molar-refractivity contribution in [3.63, 3.8) is 0 Å². The van der Waals surface area contributed by atoms with Crippen LogP contribution in [-0.2, 0) is 17.9 Å². The molecule has 162 valence electrons. The van der Waals surface area contributed by atoms with Gasteiger partial charge in [0.2, 0.25) is 11.9 Å². The van der Waals surface area contributed by atoms with Crippen molar-refractivity contribution in [3.8, 4) is 11.1 Å². The number of likely N-dealkylation sites (N-methyl/N-ethyl adjacent to an activating group) is 1. The van der Waals surface area contributed by atoms with Crippen LogP contribution < -0.4 is 15.5 Å². The first kappa shape index (κ1) is 20.8. The fourth-order valence-electron chi connectivity index (χ4n) is 3.61. The van der Waals surface area contributed by atoms with E-state index in [0.29, 0.717) is 24.1 Å². The SMILES string of the molecule is Cc1nc(NCc2ccc(-c3cnn(CC(C)C)c3)cc2)nc2c1NC(=O)[C@H](C)N2C. The number of carbonyl (C=O) groups excluding carboxylic acids is 1. The number of amides is 1. The van der Waals surface area contributed by atoms with Gasteiger partial charge in [-0.3, -0.25) is 9.48 Å². The van der Waals surface area contributed by atoms with Crippen molar-refractivity contribution in [3.05, 3.63) is 47.9 Å². The molecule has 2 aromatic heterocycles. The van der Waals surface area contributed by atoms with Crippen LogP contribution in [0.2, 0.25) is 0 Å². The molecule has 0 spiro atoms. The van der Waals surface area contributed by atoms with E-state index < -0.39 is 0 Å². The van der Waals surface area contributed by atoms with Gasteiger partial charge in [-0.1, -0.05) is 38.1 Å². The molecule has 8 nitrogen and oxygen atoms in total. The first-order chi connectivity index (χ1) is 14.8. The Balaban J connectivity index is 1.45. The molecule has 31 heavy (non-hydrogen) atoms. The molecular formula is C23H29N7O. The number of hydrogen-bond donors (Lipinski definition) is 2. The Bertz CT molecular complexity index is 1090. The Labute approximate surface area is 182 Å². The highest BCUT2D eigenvalue weighted by Gasteiger charge is 2.30. The number of nitrogens with zero attached hydrogens (tertiary/aromatic N) is 5. The van der Waals surface area contributed by atoms with Gasteiger partial charge in [0.05, 0.1) is 11.9 Å². The zero-order chi connectivity index (χ0) is 22.1. The maximum absolute atomic E-state index is 12.1. The number of aryl methyl sites for hydroxylation is 1. The summed E-state index contributed by atoms with van der Waals surface area (Å²) in [7, 11) is 1.88. The third kappa shape index (κ3) is 4.38. The average molecular weight is 420 g/mol. The second-order valence-corrected chi connectivity index (χ2v) is 8.50. The van der Waals surface area contributed by atoms with Crippen LogP contribution in [-0.4, -0.2) is 38.7 Å². The van der Waals surface area contributed by atoms with Crippen molar-refractivity contribution in [2.75, 3.05) is 22.6 Å². The summed E-state index contributed by atoms with van der Waals surface area (Å²) in [5, 5.41) is 10.7. The van der Waals surface area contributed by atoms with Crippen LogP contribution in [0.15, 0.2) is 36.7 Å². The predicted octanol–water partition coefficient (Wildman–Crippen LogP) is 3.69. The van der Waals surface area contributed by atoms with E-state index in [1.807, 2.05) is 36.7 Å². The number of anilines is 3. The zero-order valence-corrected chi connectivity index (χ0v) is 18.7. The zero-order valence-electron chi connectivity index (χ0n) is 18.7. The highest BCUT2D eigenvalue weighted by molar-refractivity contribution is 6.03. The van der Waals surface area contributed by atoms with E-state index in [4.69, 9.17) is 0 Å². The molecule has 8 heteroatoms. The van der Waals surface area contributed by atoms with Crippen molar-refractivity contribution in [1.82, 2.24) is 19.7 Å². The van der Waals surface area contributed by atoms with E-state index in [-0.39, 0.29) is 11.9 Å². The van der Waals surface area contributed by atoms with Crippen molar-refractivity contribution in [2.24, 2.45) is 5.92 Å². The Kier molecular flexibility index (Phi) is 5.63. The maximum atomic E-state index is 12.1. The third-order valence-corrected chi connectivity index (χ3v) is 5.54. The maximum Gasteiger partial charge on any atom is 0.246 e. The second kappa shape index (κ2) is 8.37. The minimum Gasteiger partial charge on any atom is -0.350 e. The van der Waals surface area contributed by atoms with Crippen LogP contribution in [0.1, 0.15) is 32.0 Å². The number of carbonyl (C=O) groups is 1. The van der Waals surface area contributed by atoms with Crippen LogP contribution >= 0.6 is 0 Å². The molecule has 1 aromatic carbocycles. The Morgan fingerprint density at radius 2 is 1.90 bits per heavy atom. The lowest BCUT2D eigenvalue weighted by Gasteiger charge is -2.32. The first-order valence-electron chi connectivity index (χ1n) is 10.6. The van der Waals surface area contributed by atoms with Crippen LogP contribution in [0.25, 0.3) is 11.1 Å². The topological polar surface area (TPSA) is 88.0 Å². The lowest BCUT2D eigenvalue weighted by atomic mass is 10.1. The summed E-state index contributed by atoms with van der Waals surface area (Å²) in [4.78, 5) is 23.1. The van der Waals surface area contributed by atoms with E-state index in [9.17, 15) is 4.79 Å². The highest BCUT2D eigenvalue weighted by atomic mass is 16.2. The monoisotopic (exact) mass is 419 g/mol.